The molecule has 0 aliphatic carbocycles. The molecule has 0 aromatic carbocycles. The predicted molar refractivity (Wildman–Crippen MR) is 78.6 cm³/mol. The summed E-state index contributed by atoms with van der Waals surface area (Å²) in [5.41, 5.74) is -0.467. The van der Waals surface area contributed by atoms with Crippen molar-refractivity contribution in [3.8, 4) is 0 Å². The van der Waals surface area contributed by atoms with E-state index in [2.05, 4.69) is 15.0 Å². The van der Waals surface area contributed by atoms with Crippen LogP contribution >= 0.6 is 0 Å². The van der Waals surface area contributed by atoms with Crippen LogP contribution in [-0.2, 0) is 7.05 Å². The zero-order chi connectivity index (χ0) is 15.9. The van der Waals surface area contributed by atoms with Crippen LogP contribution in [0.1, 0.15) is 40.8 Å². The average Bonchev–Trinajstić information content (AvgIpc) is 3.04. The fourth-order valence-corrected chi connectivity index (χ4v) is 2.95. The molecule has 0 bridgehead atoms. The minimum atomic E-state index is -0.671. The molecule has 2 N–H and O–H groups in total. The molecule has 8 nitrogen and oxygen atoms in total. The van der Waals surface area contributed by atoms with Crippen molar-refractivity contribution in [2.24, 2.45) is 7.05 Å². The molecular formula is C14H17N5O3. The summed E-state index contributed by atoms with van der Waals surface area (Å²) in [6.45, 7) is 2.46. The van der Waals surface area contributed by atoms with Crippen molar-refractivity contribution in [3.63, 3.8) is 0 Å². The molecule has 0 saturated carbocycles. The average molecular weight is 303 g/mol. The number of aromatic nitrogens is 4. The number of hydrogen-bond donors (Lipinski definition) is 2. The van der Waals surface area contributed by atoms with Gasteiger partial charge in [-0.15, -0.1) is 0 Å². The lowest BCUT2D eigenvalue weighted by Gasteiger charge is -2.24. The summed E-state index contributed by atoms with van der Waals surface area (Å²) in [7, 11) is 1.89. The summed E-state index contributed by atoms with van der Waals surface area (Å²) >= 11 is 0. The van der Waals surface area contributed by atoms with Gasteiger partial charge in [-0.05, 0) is 19.8 Å². The second-order valence-corrected chi connectivity index (χ2v) is 5.49. The lowest BCUT2D eigenvalue weighted by molar-refractivity contribution is 0.0725. The maximum absolute atomic E-state index is 12.6. The van der Waals surface area contributed by atoms with E-state index in [9.17, 15) is 14.4 Å². The van der Waals surface area contributed by atoms with E-state index in [-0.39, 0.29) is 17.5 Å². The smallest absolute Gasteiger partial charge is 0.325 e. The van der Waals surface area contributed by atoms with E-state index in [1.54, 1.807) is 4.90 Å². The van der Waals surface area contributed by atoms with E-state index in [0.717, 1.165) is 24.4 Å². The Morgan fingerprint density at radius 2 is 2.18 bits per heavy atom. The Labute approximate surface area is 125 Å². The molecule has 1 aliphatic heterocycles. The highest BCUT2D eigenvalue weighted by Gasteiger charge is 2.34. The molecule has 3 heterocycles. The number of carbonyl (C=O) groups excluding carboxylic acids is 1. The monoisotopic (exact) mass is 303 g/mol. The molecule has 1 fully saturated rings. The van der Waals surface area contributed by atoms with Gasteiger partial charge in [-0.3, -0.25) is 14.6 Å². The number of hydrogen-bond acceptors (Lipinski definition) is 4. The molecule has 8 heteroatoms. The van der Waals surface area contributed by atoms with Gasteiger partial charge in [0.15, 0.2) is 0 Å². The first-order valence-corrected chi connectivity index (χ1v) is 7.10. The fourth-order valence-electron chi connectivity index (χ4n) is 2.95. The van der Waals surface area contributed by atoms with Crippen LogP contribution in [0.5, 0.6) is 0 Å². The van der Waals surface area contributed by atoms with Gasteiger partial charge in [-0.2, -0.15) is 0 Å². The van der Waals surface area contributed by atoms with Gasteiger partial charge in [-0.25, -0.2) is 9.78 Å². The van der Waals surface area contributed by atoms with Gasteiger partial charge in [0.25, 0.3) is 11.5 Å². The number of aryl methyl sites for hydroxylation is 2. The van der Waals surface area contributed by atoms with Gasteiger partial charge >= 0.3 is 5.69 Å². The molecule has 2 aromatic rings. The Bertz CT molecular complexity index is 831. The van der Waals surface area contributed by atoms with Crippen LogP contribution in [0.2, 0.25) is 0 Å². The quantitative estimate of drug-likeness (QED) is 0.820. The summed E-state index contributed by atoms with van der Waals surface area (Å²) in [5.74, 6) is 0.421. The van der Waals surface area contributed by atoms with E-state index >= 15 is 0 Å². The number of aromatic amines is 2. The van der Waals surface area contributed by atoms with Crippen molar-refractivity contribution in [2.45, 2.75) is 25.8 Å². The van der Waals surface area contributed by atoms with Crippen molar-refractivity contribution < 1.29 is 4.79 Å². The van der Waals surface area contributed by atoms with E-state index in [4.69, 9.17) is 0 Å². The molecule has 3 rings (SSSR count). The first kappa shape index (κ1) is 14.3. The predicted octanol–water partition coefficient (Wildman–Crippen LogP) is 0.0824. The molecule has 0 spiro atoms. The summed E-state index contributed by atoms with van der Waals surface area (Å²) in [4.78, 5) is 46.0. The number of nitrogens with zero attached hydrogens (tertiary/aromatic N) is 3. The van der Waals surface area contributed by atoms with Crippen LogP contribution in [0.15, 0.2) is 22.0 Å². The number of nitrogens with one attached hydrogen (secondary N) is 2. The van der Waals surface area contributed by atoms with Crippen LogP contribution < -0.4 is 11.2 Å². The van der Waals surface area contributed by atoms with Crippen LogP contribution in [0, 0.1) is 6.92 Å². The zero-order valence-electron chi connectivity index (χ0n) is 12.4. The lowest BCUT2D eigenvalue weighted by Crippen LogP contribution is -2.37. The molecule has 1 aliphatic rings. The third-order valence-electron chi connectivity index (χ3n) is 3.89. The standard InChI is InChI=1S/C14H17N5O3/c1-8-7-18(2)11(16-8)10-4-3-5-19(10)13(21)9-6-15-14(22)17-12(9)20/h6-7,10H,3-5H2,1-2H3,(H2,15,17,20,22)/t10-/m1/s1. The van der Waals surface area contributed by atoms with Gasteiger partial charge in [0.2, 0.25) is 0 Å². The van der Waals surface area contributed by atoms with Gasteiger partial charge in [0.1, 0.15) is 11.4 Å². The van der Waals surface area contributed by atoms with Crippen molar-refractivity contribution >= 4 is 5.91 Å². The Kier molecular flexibility index (Phi) is 3.44. The van der Waals surface area contributed by atoms with Crippen molar-refractivity contribution in [1.29, 1.82) is 0 Å². The van der Waals surface area contributed by atoms with Crippen LogP contribution in [-0.4, -0.2) is 36.9 Å². The fraction of sp³-hybridized carbons (Fsp3) is 0.429. The first-order chi connectivity index (χ1) is 10.5. The number of amides is 1. The molecule has 1 saturated heterocycles. The largest absolute Gasteiger partial charge is 0.336 e. The number of carbonyl (C=O) groups is 1. The number of imidazole rings is 1. The Morgan fingerprint density at radius 3 is 2.82 bits per heavy atom. The van der Waals surface area contributed by atoms with Crippen molar-refractivity contribution in [2.75, 3.05) is 6.54 Å². The Morgan fingerprint density at radius 1 is 1.41 bits per heavy atom. The van der Waals surface area contributed by atoms with Crippen molar-refractivity contribution in [3.05, 3.63) is 50.3 Å². The molecule has 0 radical (unpaired) electrons. The molecule has 1 atom stereocenters. The third-order valence-corrected chi connectivity index (χ3v) is 3.89. The highest BCUT2D eigenvalue weighted by atomic mass is 16.2. The van der Waals surface area contributed by atoms with Gasteiger partial charge < -0.3 is 14.5 Å². The highest BCUT2D eigenvalue weighted by molar-refractivity contribution is 5.93. The van der Waals surface area contributed by atoms with E-state index in [1.807, 2.05) is 24.7 Å². The summed E-state index contributed by atoms with van der Waals surface area (Å²) in [6.07, 6.45) is 4.73. The second-order valence-electron chi connectivity index (χ2n) is 5.49. The highest BCUT2D eigenvalue weighted by Crippen LogP contribution is 2.31. The number of likely N-dealkylation sites (tertiary alicyclic amines) is 1. The van der Waals surface area contributed by atoms with Gasteiger partial charge in [-0.1, -0.05) is 0 Å². The van der Waals surface area contributed by atoms with E-state index in [1.165, 1.54) is 6.20 Å². The minimum Gasteiger partial charge on any atom is -0.336 e. The van der Waals surface area contributed by atoms with E-state index in [0.29, 0.717) is 6.54 Å². The summed E-state index contributed by atoms with van der Waals surface area (Å²) < 4.78 is 1.91. The molecule has 0 unspecified atom stereocenters. The zero-order valence-corrected chi connectivity index (χ0v) is 12.4. The SMILES string of the molecule is Cc1cn(C)c([C@H]2CCCN2C(=O)c2c[nH]c(=O)[nH]c2=O)n1. The third kappa shape index (κ3) is 2.36. The summed E-state index contributed by atoms with van der Waals surface area (Å²) in [6, 6.07) is -0.155. The molecular weight excluding hydrogens is 286 g/mol. The van der Waals surface area contributed by atoms with E-state index < -0.39 is 11.2 Å². The minimum absolute atomic E-state index is 0.0579. The number of H-pyrrole nitrogens is 2. The van der Waals surface area contributed by atoms with Gasteiger partial charge in [0, 0.05) is 26.0 Å². The van der Waals surface area contributed by atoms with Crippen LogP contribution in [0.25, 0.3) is 0 Å². The Balaban J connectivity index is 1.96. The maximum Gasteiger partial charge on any atom is 0.325 e. The number of rotatable bonds is 2. The van der Waals surface area contributed by atoms with Crippen LogP contribution in [0.3, 0.4) is 0 Å². The molecule has 116 valence electrons. The maximum atomic E-state index is 12.6. The summed E-state index contributed by atoms with van der Waals surface area (Å²) in [5, 5.41) is 0. The molecule has 22 heavy (non-hydrogen) atoms. The first-order valence-electron chi connectivity index (χ1n) is 7.10. The molecule has 2 aromatic heterocycles. The second kappa shape index (κ2) is 5.28. The van der Waals surface area contributed by atoms with Crippen molar-refractivity contribution in [1.82, 2.24) is 24.4 Å². The molecule has 1 amide bonds. The topological polar surface area (TPSA) is 104 Å². The normalized spacial score (nSPS) is 17.9. The Hall–Kier alpha value is -2.64. The lowest BCUT2D eigenvalue weighted by atomic mass is 10.2. The van der Waals surface area contributed by atoms with Crippen LogP contribution in [0.4, 0.5) is 0 Å². The van der Waals surface area contributed by atoms with Gasteiger partial charge in [0.05, 0.1) is 11.7 Å².